The molecule has 0 aliphatic rings. The third-order valence-electron chi connectivity index (χ3n) is 2.01. The highest BCUT2D eigenvalue weighted by atomic mass is 28.4. The quantitative estimate of drug-likeness (QED) is 0.356. The Labute approximate surface area is 88.3 Å². The molecule has 0 aromatic carbocycles. The van der Waals surface area contributed by atoms with E-state index in [4.69, 9.17) is 13.6 Å². The third-order valence-corrected chi connectivity index (χ3v) is 5.03. The lowest BCUT2D eigenvalue weighted by molar-refractivity contribution is 0.204. The van der Waals surface area contributed by atoms with E-state index in [2.05, 4.69) is 6.55 Å². The first kappa shape index (κ1) is 13.7. The largest absolute Gasteiger partial charge is 0.502 e. The molecule has 0 spiro atoms. The van der Waals surface area contributed by atoms with Crippen molar-refractivity contribution in [2.75, 3.05) is 20.3 Å². The number of allylic oxidation sites excluding steroid dienone is 1. The molecule has 0 aromatic rings. The van der Waals surface area contributed by atoms with Crippen molar-refractivity contribution in [3.63, 3.8) is 0 Å². The van der Waals surface area contributed by atoms with Gasteiger partial charge in [0.1, 0.15) is 0 Å². The predicted octanol–water partition coefficient (Wildman–Crippen LogP) is 2.68. The van der Waals surface area contributed by atoms with Crippen LogP contribution in [0.15, 0.2) is 12.3 Å². The molecule has 4 heteroatoms. The first-order chi connectivity index (χ1) is 6.68. The van der Waals surface area contributed by atoms with E-state index in [0.29, 0.717) is 0 Å². The zero-order valence-electron chi connectivity index (χ0n) is 9.71. The van der Waals surface area contributed by atoms with Crippen molar-refractivity contribution < 1.29 is 13.6 Å². The summed E-state index contributed by atoms with van der Waals surface area (Å²) in [5.74, 6) is 0. The second-order valence-corrected chi connectivity index (χ2v) is 6.68. The van der Waals surface area contributed by atoms with Gasteiger partial charge in [0, 0.05) is 13.7 Å². The van der Waals surface area contributed by atoms with E-state index in [1.54, 1.807) is 13.4 Å². The Balaban J connectivity index is 3.61. The molecular formula is C10H22O3Si. The van der Waals surface area contributed by atoms with E-state index >= 15 is 0 Å². The van der Waals surface area contributed by atoms with Crippen LogP contribution in [0.5, 0.6) is 0 Å². The highest BCUT2D eigenvalue weighted by molar-refractivity contribution is 6.65. The van der Waals surface area contributed by atoms with Crippen LogP contribution in [0.2, 0.25) is 12.6 Å². The van der Waals surface area contributed by atoms with Gasteiger partial charge in [-0.25, -0.2) is 0 Å². The van der Waals surface area contributed by atoms with Crippen molar-refractivity contribution in [1.29, 1.82) is 0 Å². The summed E-state index contributed by atoms with van der Waals surface area (Å²) in [6.45, 7) is 7.50. The lowest BCUT2D eigenvalue weighted by atomic mass is 10.5. The minimum Gasteiger partial charge on any atom is -0.502 e. The summed E-state index contributed by atoms with van der Waals surface area (Å²) in [6, 6.07) is 0.981. The summed E-state index contributed by atoms with van der Waals surface area (Å²) in [7, 11) is -0.157. The maximum absolute atomic E-state index is 5.63. The van der Waals surface area contributed by atoms with Gasteiger partial charge in [0.05, 0.1) is 12.9 Å². The molecule has 0 aromatic heterocycles. The lowest BCUT2D eigenvalue weighted by Crippen LogP contribution is -2.37. The minimum absolute atomic E-state index is 0.728. The molecule has 84 valence electrons. The molecule has 1 atom stereocenters. The van der Waals surface area contributed by atoms with Gasteiger partial charge in [-0.2, -0.15) is 0 Å². The summed E-state index contributed by atoms with van der Waals surface area (Å²) in [6.07, 6.45) is 4.59. The van der Waals surface area contributed by atoms with Crippen LogP contribution in [0.25, 0.3) is 0 Å². The highest BCUT2D eigenvalue weighted by Crippen LogP contribution is 2.14. The van der Waals surface area contributed by atoms with Crippen molar-refractivity contribution in [3.8, 4) is 0 Å². The van der Waals surface area contributed by atoms with Crippen molar-refractivity contribution in [3.05, 3.63) is 12.3 Å². The summed E-state index contributed by atoms with van der Waals surface area (Å²) >= 11 is 0. The van der Waals surface area contributed by atoms with Crippen LogP contribution in [-0.4, -0.2) is 28.9 Å². The summed E-state index contributed by atoms with van der Waals surface area (Å²) in [5.41, 5.74) is 0. The molecule has 0 amide bonds. The van der Waals surface area contributed by atoms with Gasteiger partial charge in [0.25, 0.3) is 0 Å². The van der Waals surface area contributed by atoms with Gasteiger partial charge in [0.2, 0.25) is 0 Å². The van der Waals surface area contributed by atoms with E-state index in [-0.39, 0.29) is 0 Å². The Bertz CT molecular complexity index is 161. The Hall–Kier alpha value is -0.323. The van der Waals surface area contributed by atoms with E-state index in [1.165, 1.54) is 0 Å². The summed E-state index contributed by atoms with van der Waals surface area (Å²) in [5, 5.41) is 0. The van der Waals surface area contributed by atoms with Gasteiger partial charge in [-0.05, 0) is 32.9 Å². The molecule has 0 saturated heterocycles. The number of rotatable bonds is 8. The fourth-order valence-corrected chi connectivity index (χ4v) is 3.04. The maximum Gasteiger partial charge on any atom is 0.334 e. The van der Waals surface area contributed by atoms with Crippen LogP contribution in [0.3, 0.4) is 0 Å². The molecule has 0 rings (SSSR count). The number of hydrogen-bond donors (Lipinski definition) is 0. The average molecular weight is 218 g/mol. The first-order valence-electron chi connectivity index (χ1n) is 5.10. The van der Waals surface area contributed by atoms with E-state index in [0.717, 1.165) is 25.7 Å². The summed E-state index contributed by atoms with van der Waals surface area (Å²) < 4.78 is 16.3. The standard InChI is InChI=1S/C10H22O3Si/c1-5-8-12-9-7-10-14(4,11-3)13-6-2/h5,8H,6-7,9-10H2,1-4H3. The second-order valence-electron chi connectivity index (χ2n) is 3.21. The molecule has 0 N–H and O–H groups in total. The van der Waals surface area contributed by atoms with Gasteiger partial charge in [-0.3, -0.25) is 0 Å². The van der Waals surface area contributed by atoms with Gasteiger partial charge >= 0.3 is 8.56 Å². The Morgan fingerprint density at radius 3 is 2.57 bits per heavy atom. The molecule has 3 nitrogen and oxygen atoms in total. The molecule has 0 saturated carbocycles. The van der Waals surface area contributed by atoms with Crippen LogP contribution in [0.4, 0.5) is 0 Å². The van der Waals surface area contributed by atoms with Crippen LogP contribution >= 0.6 is 0 Å². The van der Waals surface area contributed by atoms with Crippen LogP contribution < -0.4 is 0 Å². The average Bonchev–Trinajstić information content (AvgIpc) is 2.18. The molecule has 0 aliphatic heterocycles. The van der Waals surface area contributed by atoms with Crippen molar-refractivity contribution >= 4 is 8.56 Å². The van der Waals surface area contributed by atoms with Crippen molar-refractivity contribution in [1.82, 2.24) is 0 Å². The third kappa shape index (κ3) is 6.18. The van der Waals surface area contributed by atoms with Gasteiger partial charge < -0.3 is 13.6 Å². The fraction of sp³-hybridized carbons (Fsp3) is 0.800. The molecular weight excluding hydrogens is 196 g/mol. The molecule has 0 aliphatic carbocycles. The topological polar surface area (TPSA) is 27.7 Å². The monoisotopic (exact) mass is 218 g/mol. The number of ether oxygens (including phenoxy) is 1. The fourth-order valence-electron chi connectivity index (χ4n) is 1.18. The molecule has 0 fully saturated rings. The first-order valence-corrected chi connectivity index (χ1v) is 7.62. The smallest absolute Gasteiger partial charge is 0.334 e. The van der Waals surface area contributed by atoms with Crippen LogP contribution in [-0.2, 0) is 13.6 Å². The Kier molecular flexibility index (Phi) is 7.84. The number of hydrogen-bond acceptors (Lipinski definition) is 3. The van der Waals surface area contributed by atoms with E-state index in [1.807, 2.05) is 19.9 Å². The zero-order chi connectivity index (χ0) is 10.9. The van der Waals surface area contributed by atoms with Gasteiger partial charge in [0.15, 0.2) is 0 Å². The Morgan fingerprint density at radius 1 is 1.36 bits per heavy atom. The van der Waals surface area contributed by atoms with Crippen LogP contribution in [0.1, 0.15) is 20.3 Å². The predicted molar refractivity (Wildman–Crippen MR) is 60.4 cm³/mol. The molecule has 14 heavy (non-hydrogen) atoms. The van der Waals surface area contributed by atoms with Crippen molar-refractivity contribution in [2.24, 2.45) is 0 Å². The maximum atomic E-state index is 5.63. The van der Waals surface area contributed by atoms with Gasteiger partial charge in [-0.1, -0.05) is 6.08 Å². The summed E-state index contributed by atoms with van der Waals surface area (Å²) in [4.78, 5) is 0. The second kappa shape index (κ2) is 8.02. The highest BCUT2D eigenvalue weighted by Gasteiger charge is 2.28. The van der Waals surface area contributed by atoms with Gasteiger partial charge in [-0.15, -0.1) is 0 Å². The SMILES string of the molecule is CC=COCCC[Si](C)(OC)OCC. The van der Waals surface area contributed by atoms with E-state index < -0.39 is 8.56 Å². The molecule has 0 heterocycles. The lowest BCUT2D eigenvalue weighted by Gasteiger charge is -2.24. The normalized spacial score (nSPS) is 15.7. The molecule has 0 radical (unpaired) electrons. The van der Waals surface area contributed by atoms with Crippen molar-refractivity contribution in [2.45, 2.75) is 32.9 Å². The zero-order valence-corrected chi connectivity index (χ0v) is 10.7. The molecule has 0 bridgehead atoms. The molecule has 1 unspecified atom stereocenters. The Morgan fingerprint density at radius 2 is 2.07 bits per heavy atom. The van der Waals surface area contributed by atoms with Crippen LogP contribution in [0, 0.1) is 0 Å². The van der Waals surface area contributed by atoms with E-state index in [9.17, 15) is 0 Å². The minimum atomic E-state index is -1.89.